The third-order valence-corrected chi connectivity index (χ3v) is 7.53. The van der Waals surface area contributed by atoms with Crippen LogP contribution in [0.4, 0.5) is 0 Å². The first-order valence-corrected chi connectivity index (χ1v) is 11.9. The Hall–Kier alpha value is -3.63. The van der Waals surface area contributed by atoms with E-state index in [4.69, 9.17) is 9.26 Å². The molecule has 0 radical (unpaired) electrons. The third kappa shape index (κ3) is 3.87. The Morgan fingerprint density at radius 1 is 1.03 bits per heavy atom. The van der Waals surface area contributed by atoms with E-state index in [0.717, 1.165) is 10.8 Å². The predicted octanol–water partition coefficient (Wildman–Crippen LogP) is 2.98. The number of nitrogens with zero attached hydrogens (tertiary/aromatic N) is 3. The molecule has 0 spiro atoms. The van der Waals surface area contributed by atoms with Crippen molar-refractivity contribution in [2.45, 2.75) is 5.09 Å². The molecule has 0 saturated carbocycles. The van der Waals surface area contributed by atoms with Crippen LogP contribution in [-0.2, 0) is 10.0 Å². The highest BCUT2D eigenvalue weighted by molar-refractivity contribution is 7.89. The van der Waals surface area contributed by atoms with Crippen molar-refractivity contribution < 1.29 is 22.5 Å². The first kappa shape index (κ1) is 21.2. The molecule has 1 aliphatic rings. The van der Waals surface area contributed by atoms with Gasteiger partial charge >= 0.3 is 0 Å². The van der Waals surface area contributed by atoms with Crippen LogP contribution in [0.5, 0.6) is 5.75 Å². The van der Waals surface area contributed by atoms with Crippen LogP contribution in [0.1, 0.15) is 10.5 Å². The van der Waals surface area contributed by atoms with Crippen molar-refractivity contribution in [3.63, 3.8) is 0 Å². The van der Waals surface area contributed by atoms with E-state index in [9.17, 15) is 13.2 Å². The molecule has 5 rings (SSSR count). The van der Waals surface area contributed by atoms with Crippen LogP contribution in [0.3, 0.4) is 0 Å². The standard InChI is InChI=1S/C23H22N4O5S/c1-31-21-14-17-6-3-2-5-16(17)13-18(21)20-15-22(32-25-20)33(29,30)27-11-9-26(10-12-27)23(28)19-7-4-8-24-19/h2-8,13-15,24H,9-12H2,1H3. The Bertz CT molecular complexity index is 1400. The number of nitrogens with one attached hydrogen (secondary N) is 1. The van der Waals surface area contributed by atoms with E-state index < -0.39 is 10.0 Å². The number of carbonyl (C=O) groups is 1. The number of amides is 1. The van der Waals surface area contributed by atoms with Gasteiger partial charge in [-0.2, -0.15) is 4.31 Å². The van der Waals surface area contributed by atoms with E-state index in [1.165, 1.54) is 10.4 Å². The topological polar surface area (TPSA) is 109 Å². The highest BCUT2D eigenvalue weighted by Gasteiger charge is 2.33. The second kappa shape index (κ2) is 8.38. The Kier molecular flexibility index (Phi) is 5.39. The van der Waals surface area contributed by atoms with Gasteiger partial charge in [-0.3, -0.25) is 4.79 Å². The van der Waals surface area contributed by atoms with E-state index in [2.05, 4.69) is 10.1 Å². The van der Waals surface area contributed by atoms with Crippen LogP contribution in [0, 0.1) is 0 Å². The monoisotopic (exact) mass is 466 g/mol. The molecule has 2 aromatic carbocycles. The summed E-state index contributed by atoms with van der Waals surface area (Å²) in [4.78, 5) is 17.0. The van der Waals surface area contributed by atoms with Crippen LogP contribution in [0.2, 0.25) is 0 Å². The maximum atomic E-state index is 13.2. The first-order chi connectivity index (χ1) is 16.0. The van der Waals surface area contributed by atoms with Crippen molar-refractivity contribution >= 4 is 26.7 Å². The fraction of sp³-hybridized carbons (Fsp3) is 0.217. The number of fused-ring (bicyclic) bond motifs is 1. The fourth-order valence-corrected chi connectivity index (χ4v) is 5.28. The maximum absolute atomic E-state index is 13.2. The van der Waals surface area contributed by atoms with Crippen molar-refractivity contribution in [3.05, 3.63) is 66.5 Å². The van der Waals surface area contributed by atoms with Gasteiger partial charge in [-0.15, -0.1) is 0 Å². The number of aromatic amines is 1. The lowest BCUT2D eigenvalue weighted by atomic mass is 10.0. The number of piperazine rings is 1. The Morgan fingerprint density at radius 3 is 2.42 bits per heavy atom. The van der Waals surface area contributed by atoms with Gasteiger partial charge in [0.25, 0.3) is 21.0 Å². The second-order valence-electron chi connectivity index (χ2n) is 7.71. The molecule has 0 aliphatic carbocycles. The fourth-order valence-electron chi connectivity index (χ4n) is 3.99. The van der Waals surface area contributed by atoms with Crippen molar-refractivity contribution in [2.24, 2.45) is 0 Å². The van der Waals surface area contributed by atoms with E-state index in [0.29, 0.717) is 22.7 Å². The molecular weight excluding hydrogens is 444 g/mol. The average molecular weight is 467 g/mol. The molecule has 33 heavy (non-hydrogen) atoms. The zero-order valence-electron chi connectivity index (χ0n) is 17.9. The van der Waals surface area contributed by atoms with Crippen LogP contribution in [0.15, 0.2) is 70.4 Å². The van der Waals surface area contributed by atoms with Crippen LogP contribution < -0.4 is 4.74 Å². The van der Waals surface area contributed by atoms with Gasteiger partial charge in [0.15, 0.2) is 0 Å². The van der Waals surface area contributed by atoms with Gasteiger partial charge in [-0.1, -0.05) is 29.4 Å². The SMILES string of the molecule is COc1cc2ccccc2cc1-c1cc(S(=O)(=O)N2CCN(C(=O)c3ccc[nH]3)CC2)on1. The Balaban J connectivity index is 1.37. The number of rotatable bonds is 5. The van der Waals surface area contributed by atoms with Gasteiger partial charge in [0.1, 0.15) is 17.1 Å². The molecule has 170 valence electrons. The lowest BCUT2D eigenvalue weighted by molar-refractivity contribution is 0.0691. The lowest BCUT2D eigenvalue weighted by Crippen LogP contribution is -2.50. The third-order valence-electron chi connectivity index (χ3n) is 5.78. The largest absolute Gasteiger partial charge is 0.496 e. The minimum absolute atomic E-state index is 0.151. The zero-order valence-corrected chi connectivity index (χ0v) is 18.7. The molecule has 1 saturated heterocycles. The summed E-state index contributed by atoms with van der Waals surface area (Å²) < 4.78 is 38.4. The predicted molar refractivity (Wildman–Crippen MR) is 121 cm³/mol. The van der Waals surface area contributed by atoms with E-state index >= 15 is 0 Å². The highest BCUT2D eigenvalue weighted by atomic mass is 32.2. The van der Waals surface area contributed by atoms with Gasteiger partial charge in [0.2, 0.25) is 0 Å². The summed E-state index contributed by atoms with van der Waals surface area (Å²) in [6.07, 6.45) is 1.68. The summed E-state index contributed by atoms with van der Waals surface area (Å²) in [6, 6.07) is 16.4. The molecule has 0 atom stereocenters. The number of methoxy groups -OCH3 is 1. The zero-order chi connectivity index (χ0) is 23.0. The number of carbonyl (C=O) groups excluding carboxylic acids is 1. The Labute approximate surface area is 190 Å². The summed E-state index contributed by atoms with van der Waals surface area (Å²) in [5.74, 6) is 0.421. The molecule has 2 aromatic heterocycles. The molecule has 1 amide bonds. The molecule has 1 aliphatic heterocycles. The summed E-state index contributed by atoms with van der Waals surface area (Å²) >= 11 is 0. The molecule has 0 unspecified atom stereocenters. The van der Waals surface area contributed by atoms with Crippen molar-refractivity contribution in [1.82, 2.24) is 19.3 Å². The van der Waals surface area contributed by atoms with E-state index in [-0.39, 0.29) is 37.2 Å². The summed E-state index contributed by atoms with van der Waals surface area (Å²) in [6.45, 7) is 0.918. The van der Waals surface area contributed by atoms with Crippen molar-refractivity contribution in [3.8, 4) is 17.0 Å². The number of sulfonamides is 1. The quantitative estimate of drug-likeness (QED) is 0.484. The van der Waals surface area contributed by atoms with Gasteiger partial charge in [-0.05, 0) is 35.0 Å². The van der Waals surface area contributed by atoms with Crippen molar-refractivity contribution in [1.29, 1.82) is 0 Å². The molecule has 1 N–H and O–H groups in total. The molecule has 3 heterocycles. The number of hydrogen-bond donors (Lipinski definition) is 1. The van der Waals surface area contributed by atoms with Crippen molar-refractivity contribution in [2.75, 3.05) is 33.3 Å². The normalized spacial score (nSPS) is 15.1. The second-order valence-corrected chi connectivity index (χ2v) is 9.58. The van der Waals surface area contributed by atoms with Crippen LogP contribution in [0.25, 0.3) is 22.0 Å². The van der Waals surface area contributed by atoms with Crippen LogP contribution >= 0.6 is 0 Å². The van der Waals surface area contributed by atoms with Gasteiger partial charge in [-0.25, -0.2) is 8.42 Å². The number of aromatic nitrogens is 2. The summed E-state index contributed by atoms with van der Waals surface area (Å²) in [7, 11) is -2.34. The first-order valence-electron chi connectivity index (χ1n) is 10.4. The Morgan fingerprint density at radius 2 is 1.76 bits per heavy atom. The van der Waals surface area contributed by atoms with E-state index in [1.54, 1.807) is 30.3 Å². The smallest absolute Gasteiger partial charge is 0.279 e. The van der Waals surface area contributed by atoms with Gasteiger partial charge in [0.05, 0.1) is 7.11 Å². The summed E-state index contributed by atoms with van der Waals surface area (Å²) in [5.41, 5.74) is 1.50. The molecule has 0 bridgehead atoms. The van der Waals surface area contributed by atoms with E-state index in [1.807, 2.05) is 36.4 Å². The minimum Gasteiger partial charge on any atom is -0.496 e. The number of H-pyrrole nitrogens is 1. The van der Waals surface area contributed by atoms with Crippen LogP contribution in [-0.4, -0.2) is 67.0 Å². The average Bonchev–Trinajstić information content (AvgIpc) is 3.56. The number of hydrogen-bond acceptors (Lipinski definition) is 6. The molecule has 4 aromatic rings. The number of benzene rings is 2. The lowest BCUT2D eigenvalue weighted by Gasteiger charge is -2.33. The molecule has 10 heteroatoms. The minimum atomic E-state index is -3.90. The van der Waals surface area contributed by atoms with Gasteiger partial charge in [0, 0.05) is 44.0 Å². The summed E-state index contributed by atoms with van der Waals surface area (Å²) in [5, 5.41) is 5.75. The highest BCUT2D eigenvalue weighted by Crippen LogP contribution is 2.35. The molecule has 1 fully saturated rings. The molecule has 9 nitrogen and oxygen atoms in total. The number of ether oxygens (including phenoxy) is 1. The maximum Gasteiger partial charge on any atom is 0.279 e. The molecular formula is C23H22N4O5S. The van der Waals surface area contributed by atoms with Gasteiger partial charge < -0.3 is 19.1 Å².